The molecular formula is C8H15NO5S2. The van der Waals surface area contributed by atoms with Crippen LogP contribution in [0.4, 0.5) is 0 Å². The Labute approximate surface area is 98.7 Å². The Hall–Kier alpha value is -0.760. The van der Waals surface area contributed by atoms with E-state index in [9.17, 15) is 18.0 Å². The first-order valence-electron chi connectivity index (χ1n) is 4.48. The molecule has 0 aromatic heterocycles. The monoisotopic (exact) mass is 269 g/mol. The van der Waals surface area contributed by atoms with Crippen LogP contribution in [0.3, 0.4) is 0 Å². The number of rotatable bonds is 7. The van der Waals surface area contributed by atoms with Crippen molar-refractivity contribution in [3.63, 3.8) is 0 Å². The Morgan fingerprint density at radius 3 is 2.38 bits per heavy atom. The highest BCUT2D eigenvalue weighted by molar-refractivity contribution is 8.00. The summed E-state index contributed by atoms with van der Waals surface area (Å²) >= 11 is 1.18. The molecule has 1 amide bonds. The number of carboxylic acid groups (broad SMARTS) is 1. The first kappa shape index (κ1) is 15.2. The molecule has 0 aliphatic heterocycles. The summed E-state index contributed by atoms with van der Waals surface area (Å²) in [5, 5.41) is 11.0. The highest BCUT2D eigenvalue weighted by atomic mass is 32.2. The van der Waals surface area contributed by atoms with Gasteiger partial charge in [0, 0.05) is 24.7 Å². The second-order valence-corrected chi connectivity index (χ2v) is 6.71. The van der Waals surface area contributed by atoms with E-state index in [0.717, 1.165) is 6.26 Å². The van der Waals surface area contributed by atoms with Crippen LogP contribution in [0.2, 0.25) is 0 Å². The van der Waals surface area contributed by atoms with E-state index in [0.29, 0.717) is 5.75 Å². The van der Waals surface area contributed by atoms with Gasteiger partial charge < -0.3 is 10.4 Å². The van der Waals surface area contributed by atoms with Gasteiger partial charge in [0.1, 0.15) is 15.9 Å². The fourth-order valence-corrected chi connectivity index (χ4v) is 3.14. The molecule has 1 atom stereocenters. The molecule has 0 unspecified atom stereocenters. The number of aliphatic carboxylic acids is 1. The van der Waals surface area contributed by atoms with Crippen LogP contribution in [0.25, 0.3) is 0 Å². The van der Waals surface area contributed by atoms with Crippen molar-refractivity contribution in [2.45, 2.75) is 13.0 Å². The minimum atomic E-state index is -3.02. The predicted octanol–water partition coefficient (Wildman–Crippen LogP) is -0.646. The van der Waals surface area contributed by atoms with Gasteiger partial charge in [-0.05, 0) is 0 Å². The third-order valence-electron chi connectivity index (χ3n) is 1.56. The Bertz CT molecular complexity index is 351. The third-order valence-corrected chi connectivity index (χ3v) is 3.82. The van der Waals surface area contributed by atoms with Crippen molar-refractivity contribution < 1.29 is 23.1 Å². The standard InChI is InChI=1S/C8H15NO5S2/c1-6(10)9-7(8(11)12)5-15-3-4-16(2,13)14/h7H,3-5H2,1-2H3,(H,9,10)(H,11,12)/t7-/m0/s1. The summed E-state index contributed by atoms with van der Waals surface area (Å²) in [5.74, 6) is -1.06. The van der Waals surface area contributed by atoms with Gasteiger partial charge in [-0.2, -0.15) is 11.8 Å². The van der Waals surface area contributed by atoms with Gasteiger partial charge in [-0.25, -0.2) is 13.2 Å². The fourth-order valence-electron chi connectivity index (χ4n) is 0.832. The Morgan fingerprint density at radius 2 is 2.00 bits per heavy atom. The van der Waals surface area contributed by atoms with Gasteiger partial charge in [-0.3, -0.25) is 4.79 Å². The molecule has 8 heteroatoms. The summed E-state index contributed by atoms with van der Waals surface area (Å²) in [7, 11) is -3.02. The fraction of sp³-hybridized carbons (Fsp3) is 0.750. The normalized spacial score (nSPS) is 13.1. The number of carbonyl (C=O) groups is 2. The van der Waals surface area contributed by atoms with Crippen LogP contribution in [0, 0.1) is 0 Å². The number of nitrogens with one attached hydrogen (secondary N) is 1. The Morgan fingerprint density at radius 1 is 1.44 bits per heavy atom. The van der Waals surface area contributed by atoms with Gasteiger partial charge >= 0.3 is 5.97 Å². The van der Waals surface area contributed by atoms with Gasteiger partial charge in [0.2, 0.25) is 5.91 Å². The van der Waals surface area contributed by atoms with Crippen LogP contribution in [0.1, 0.15) is 6.92 Å². The Kier molecular flexibility index (Phi) is 6.42. The van der Waals surface area contributed by atoms with Crippen LogP contribution < -0.4 is 5.32 Å². The lowest BCUT2D eigenvalue weighted by Gasteiger charge is -2.12. The summed E-state index contributed by atoms with van der Waals surface area (Å²) in [6.45, 7) is 1.23. The van der Waals surface area contributed by atoms with Gasteiger partial charge in [-0.1, -0.05) is 0 Å². The molecule has 2 N–H and O–H groups in total. The number of hydrogen-bond acceptors (Lipinski definition) is 5. The van der Waals surface area contributed by atoms with Crippen molar-refractivity contribution in [1.29, 1.82) is 0 Å². The number of carbonyl (C=O) groups excluding carboxylic acids is 1. The molecule has 0 aliphatic rings. The molecule has 0 fully saturated rings. The average molecular weight is 269 g/mol. The SMILES string of the molecule is CC(=O)N[C@@H](CSCCS(C)(=O)=O)C(=O)O. The van der Waals surface area contributed by atoms with Crippen molar-refractivity contribution in [1.82, 2.24) is 5.32 Å². The molecule has 6 nitrogen and oxygen atoms in total. The van der Waals surface area contributed by atoms with E-state index in [1.54, 1.807) is 0 Å². The van der Waals surface area contributed by atoms with Crippen LogP contribution in [-0.4, -0.2) is 55.0 Å². The summed E-state index contributed by atoms with van der Waals surface area (Å²) in [6, 6.07) is -0.970. The molecule has 0 heterocycles. The number of thioether (sulfide) groups is 1. The second-order valence-electron chi connectivity index (χ2n) is 3.30. The largest absolute Gasteiger partial charge is 0.480 e. The van der Waals surface area contributed by atoms with Gasteiger partial charge in [0.25, 0.3) is 0 Å². The minimum absolute atomic E-state index is 0.00404. The van der Waals surface area contributed by atoms with Gasteiger partial charge in [-0.15, -0.1) is 0 Å². The zero-order chi connectivity index (χ0) is 12.8. The molecule has 0 aliphatic carbocycles. The minimum Gasteiger partial charge on any atom is -0.480 e. The molecule has 0 saturated heterocycles. The average Bonchev–Trinajstić information content (AvgIpc) is 2.07. The first-order chi connectivity index (χ1) is 7.22. The van der Waals surface area contributed by atoms with Crippen molar-refractivity contribution in [2.24, 2.45) is 0 Å². The van der Waals surface area contributed by atoms with E-state index in [4.69, 9.17) is 5.11 Å². The molecule has 16 heavy (non-hydrogen) atoms. The summed E-state index contributed by atoms with van der Waals surface area (Å²) < 4.78 is 21.6. The number of hydrogen-bond donors (Lipinski definition) is 2. The maximum absolute atomic E-state index is 10.8. The molecule has 0 aromatic rings. The smallest absolute Gasteiger partial charge is 0.327 e. The van der Waals surface area contributed by atoms with E-state index in [-0.39, 0.29) is 11.5 Å². The van der Waals surface area contributed by atoms with Crippen molar-refractivity contribution >= 4 is 33.5 Å². The summed E-state index contributed by atoms with van der Waals surface area (Å²) in [6.07, 6.45) is 1.12. The molecule has 0 bridgehead atoms. The Balaban J connectivity index is 3.95. The third kappa shape index (κ3) is 8.54. The number of amides is 1. The van der Waals surface area contributed by atoms with Crippen molar-refractivity contribution in [3.8, 4) is 0 Å². The maximum Gasteiger partial charge on any atom is 0.327 e. The number of carboxylic acids is 1. The van der Waals surface area contributed by atoms with Gasteiger partial charge in [0.15, 0.2) is 0 Å². The zero-order valence-corrected chi connectivity index (χ0v) is 10.7. The predicted molar refractivity (Wildman–Crippen MR) is 62.3 cm³/mol. The topological polar surface area (TPSA) is 101 Å². The second kappa shape index (κ2) is 6.74. The quantitative estimate of drug-likeness (QED) is 0.596. The van der Waals surface area contributed by atoms with Crippen LogP contribution >= 0.6 is 11.8 Å². The van der Waals surface area contributed by atoms with E-state index in [1.165, 1.54) is 18.7 Å². The lowest BCUT2D eigenvalue weighted by atomic mass is 10.3. The van der Waals surface area contributed by atoms with E-state index in [1.807, 2.05) is 0 Å². The molecule has 94 valence electrons. The molecule has 0 saturated carbocycles. The first-order valence-corrected chi connectivity index (χ1v) is 7.69. The molecule has 0 aromatic carbocycles. The van der Waals surface area contributed by atoms with Gasteiger partial charge in [0.05, 0.1) is 5.75 Å². The zero-order valence-electron chi connectivity index (χ0n) is 9.10. The van der Waals surface area contributed by atoms with Crippen LogP contribution in [0.5, 0.6) is 0 Å². The highest BCUT2D eigenvalue weighted by Gasteiger charge is 2.18. The number of sulfone groups is 1. The van der Waals surface area contributed by atoms with E-state index in [2.05, 4.69) is 5.32 Å². The summed E-state index contributed by atoms with van der Waals surface area (Å²) in [5.41, 5.74) is 0. The lowest BCUT2D eigenvalue weighted by molar-refractivity contribution is -0.140. The molecule has 0 radical (unpaired) electrons. The van der Waals surface area contributed by atoms with Crippen LogP contribution in [0.15, 0.2) is 0 Å². The molecular weight excluding hydrogens is 254 g/mol. The van der Waals surface area contributed by atoms with Crippen molar-refractivity contribution in [3.05, 3.63) is 0 Å². The molecule has 0 rings (SSSR count). The summed E-state index contributed by atoms with van der Waals surface area (Å²) in [4.78, 5) is 21.4. The highest BCUT2D eigenvalue weighted by Crippen LogP contribution is 2.04. The lowest BCUT2D eigenvalue weighted by Crippen LogP contribution is -2.41. The maximum atomic E-state index is 10.8. The van der Waals surface area contributed by atoms with E-state index < -0.39 is 27.8 Å². The van der Waals surface area contributed by atoms with Crippen LogP contribution in [-0.2, 0) is 19.4 Å². The van der Waals surface area contributed by atoms with Crippen molar-refractivity contribution in [2.75, 3.05) is 23.5 Å². The molecule has 0 spiro atoms. The van der Waals surface area contributed by atoms with E-state index >= 15 is 0 Å².